The summed E-state index contributed by atoms with van der Waals surface area (Å²) in [5, 5.41) is 9.73. The molecule has 0 spiro atoms. The van der Waals surface area contributed by atoms with E-state index in [0.29, 0.717) is 12.0 Å². The van der Waals surface area contributed by atoms with Crippen molar-refractivity contribution in [2.24, 2.45) is 0 Å². The summed E-state index contributed by atoms with van der Waals surface area (Å²) in [5.74, 6) is 1.81. The number of hydrogen-bond donors (Lipinski definition) is 1. The summed E-state index contributed by atoms with van der Waals surface area (Å²) in [6.07, 6.45) is -4.02. The second kappa shape index (κ2) is 7.04. The number of aliphatic hydroxyl groups is 1. The molecule has 0 fully saturated rings. The summed E-state index contributed by atoms with van der Waals surface area (Å²) in [6, 6.07) is 5.15. The lowest BCUT2D eigenvalue weighted by molar-refractivity contribution is -0.137. The number of rotatable bonds is 6. The Morgan fingerprint density at radius 2 is 2.06 bits per heavy atom. The molecule has 0 amide bonds. The van der Waals surface area contributed by atoms with Crippen LogP contribution in [0.4, 0.5) is 13.2 Å². The molecule has 5 heteroatoms. The highest BCUT2D eigenvalue weighted by atomic mass is 32.2. The maximum Gasteiger partial charge on any atom is 0.416 e. The molecule has 0 heterocycles. The smallest absolute Gasteiger partial charge is 0.393 e. The van der Waals surface area contributed by atoms with Gasteiger partial charge in [-0.1, -0.05) is 25.1 Å². The molecule has 1 unspecified atom stereocenters. The van der Waals surface area contributed by atoms with Crippen molar-refractivity contribution in [2.45, 2.75) is 32.0 Å². The number of alkyl halides is 3. The van der Waals surface area contributed by atoms with Crippen LogP contribution in [0.2, 0.25) is 0 Å². The van der Waals surface area contributed by atoms with E-state index in [1.54, 1.807) is 17.8 Å². The first-order chi connectivity index (χ1) is 8.43. The number of benzene rings is 1. The average molecular weight is 278 g/mol. The normalized spacial score (nSPS) is 13.6. The molecule has 0 aliphatic carbocycles. The van der Waals surface area contributed by atoms with Gasteiger partial charge >= 0.3 is 6.18 Å². The van der Waals surface area contributed by atoms with Gasteiger partial charge in [-0.15, -0.1) is 0 Å². The van der Waals surface area contributed by atoms with Crippen LogP contribution in [0.15, 0.2) is 24.3 Å². The molecule has 0 aliphatic heterocycles. The monoisotopic (exact) mass is 278 g/mol. The molecule has 0 bridgehead atoms. The van der Waals surface area contributed by atoms with E-state index in [1.165, 1.54) is 6.07 Å². The van der Waals surface area contributed by atoms with Gasteiger partial charge in [0.2, 0.25) is 0 Å². The topological polar surface area (TPSA) is 20.2 Å². The number of halogens is 3. The van der Waals surface area contributed by atoms with E-state index in [4.69, 9.17) is 0 Å². The maximum absolute atomic E-state index is 12.5. The van der Waals surface area contributed by atoms with Gasteiger partial charge in [-0.3, -0.25) is 0 Å². The fourth-order valence-corrected chi connectivity index (χ4v) is 2.34. The Morgan fingerprint density at radius 1 is 1.33 bits per heavy atom. The zero-order valence-electron chi connectivity index (χ0n) is 10.2. The summed E-state index contributed by atoms with van der Waals surface area (Å²) in [4.78, 5) is 0. The molecule has 1 nitrogen and oxygen atoms in total. The Labute approximate surface area is 109 Å². The molecular formula is C13H17F3OS. The van der Waals surface area contributed by atoms with Crippen LogP contribution < -0.4 is 0 Å². The van der Waals surface area contributed by atoms with Crippen LogP contribution >= 0.6 is 11.8 Å². The largest absolute Gasteiger partial charge is 0.416 e. The molecule has 0 aliphatic rings. The Hall–Kier alpha value is -0.680. The lowest BCUT2D eigenvalue weighted by Crippen LogP contribution is -2.13. The first-order valence-electron chi connectivity index (χ1n) is 5.85. The van der Waals surface area contributed by atoms with E-state index in [-0.39, 0.29) is 6.42 Å². The second-order valence-corrected chi connectivity index (χ2v) is 5.44. The summed E-state index contributed by atoms with van der Waals surface area (Å²) in [6.45, 7) is 2.03. The Morgan fingerprint density at radius 3 is 2.67 bits per heavy atom. The summed E-state index contributed by atoms with van der Waals surface area (Å²) >= 11 is 1.71. The van der Waals surface area contributed by atoms with Crippen molar-refractivity contribution < 1.29 is 18.3 Å². The van der Waals surface area contributed by atoms with Gasteiger partial charge in [0.25, 0.3) is 0 Å². The van der Waals surface area contributed by atoms with Gasteiger partial charge in [-0.25, -0.2) is 0 Å². The minimum atomic E-state index is -4.32. The van der Waals surface area contributed by atoms with Crippen molar-refractivity contribution in [3.8, 4) is 0 Å². The quantitative estimate of drug-likeness (QED) is 0.800. The first-order valence-corrected chi connectivity index (χ1v) is 7.01. The lowest BCUT2D eigenvalue weighted by Gasteiger charge is -2.12. The lowest BCUT2D eigenvalue weighted by atomic mass is 10.0. The molecule has 1 rings (SSSR count). The van der Waals surface area contributed by atoms with E-state index < -0.39 is 17.8 Å². The standard InChI is InChI=1S/C13H17F3OS/c1-2-18-7-6-12(17)9-10-4-3-5-11(8-10)13(14,15)16/h3-5,8,12,17H,2,6-7,9H2,1H3. The summed E-state index contributed by atoms with van der Waals surface area (Å²) < 4.78 is 37.5. The highest BCUT2D eigenvalue weighted by Crippen LogP contribution is 2.29. The Kier molecular flexibility index (Phi) is 6.02. The minimum absolute atomic E-state index is 0.272. The van der Waals surface area contributed by atoms with Gasteiger partial charge < -0.3 is 5.11 Å². The molecule has 1 atom stereocenters. The third-order valence-corrected chi connectivity index (χ3v) is 3.46. The zero-order valence-corrected chi connectivity index (χ0v) is 11.0. The number of thioether (sulfide) groups is 1. The Balaban J connectivity index is 2.57. The minimum Gasteiger partial charge on any atom is -0.393 e. The number of aliphatic hydroxyl groups excluding tert-OH is 1. The third kappa shape index (κ3) is 5.31. The predicted molar refractivity (Wildman–Crippen MR) is 68.8 cm³/mol. The molecule has 0 saturated carbocycles. The van der Waals surface area contributed by atoms with E-state index in [2.05, 4.69) is 0 Å². The molecule has 18 heavy (non-hydrogen) atoms. The average Bonchev–Trinajstić information content (AvgIpc) is 2.28. The van der Waals surface area contributed by atoms with Crippen LogP contribution in [0.3, 0.4) is 0 Å². The SMILES string of the molecule is CCSCCC(O)Cc1cccc(C(F)(F)F)c1. The van der Waals surface area contributed by atoms with Crippen LogP contribution in [-0.2, 0) is 12.6 Å². The van der Waals surface area contributed by atoms with Gasteiger partial charge in [0.15, 0.2) is 0 Å². The van der Waals surface area contributed by atoms with Crippen LogP contribution in [0.5, 0.6) is 0 Å². The van der Waals surface area contributed by atoms with Crippen LogP contribution in [0.1, 0.15) is 24.5 Å². The van der Waals surface area contributed by atoms with E-state index >= 15 is 0 Å². The van der Waals surface area contributed by atoms with Crippen LogP contribution in [0.25, 0.3) is 0 Å². The van der Waals surface area contributed by atoms with Crippen molar-refractivity contribution in [1.82, 2.24) is 0 Å². The van der Waals surface area contributed by atoms with Gasteiger partial charge in [-0.2, -0.15) is 24.9 Å². The van der Waals surface area contributed by atoms with Crippen molar-refractivity contribution in [2.75, 3.05) is 11.5 Å². The molecular weight excluding hydrogens is 261 g/mol. The molecule has 0 radical (unpaired) electrons. The van der Waals surface area contributed by atoms with Gasteiger partial charge in [0, 0.05) is 0 Å². The fraction of sp³-hybridized carbons (Fsp3) is 0.538. The van der Waals surface area contributed by atoms with E-state index in [0.717, 1.165) is 23.6 Å². The first kappa shape index (κ1) is 15.4. The maximum atomic E-state index is 12.5. The van der Waals surface area contributed by atoms with Gasteiger partial charge in [0.1, 0.15) is 0 Å². The highest BCUT2D eigenvalue weighted by Gasteiger charge is 2.30. The zero-order chi connectivity index (χ0) is 13.6. The molecule has 1 aromatic carbocycles. The third-order valence-electron chi connectivity index (χ3n) is 2.53. The van der Waals surface area contributed by atoms with E-state index in [9.17, 15) is 18.3 Å². The fourth-order valence-electron chi connectivity index (χ4n) is 1.61. The molecule has 0 aromatic heterocycles. The van der Waals surface area contributed by atoms with Gasteiger partial charge in [-0.05, 0) is 36.0 Å². The Bertz CT molecular complexity index is 365. The highest BCUT2D eigenvalue weighted by molar-refractivity contribution is 7.99. The van der Waals surface area contributed by atoms with Crippen molar-refractivity contribution >= 4 is 11.8 Å². The molecule has 0 saturated heterocycles. The molecule has 1 N–H and O–H groups in total. The van der Waals surface area contributed by atoms with Crippen LogP contribution in [-0.4, -0.2) is 22.7 Å². The molecule has 1 aromatic rings. The van der Waals surface area contributed by atoms with Crippen molar-refractivity contribution in [1.29, 1.82) is 0 Å². The summed E-state index contributed by atoms with van der Waals surface area (Å²) in [5.41, 5.74) is -0.131. The second-order valence-electron chi connectivity index (χ2n) is 4.04. The number of hydrogen-bond acceptors (Lipinski definition) is 2. The molecule has 102 valence electrons. The van der Waals surface area contributed by atoms with Crippen LogP contribution in [0, 0.1) is 0 Å². The predicted octanol–water partition coefficient (Wildman–Crippen LogP) is 3.75. The van der Waals surface area contributed by atoms with Crippen molar-refractivity contribution in [3.63, 3.8) is 0 Å². The van der Waals surface area contributed by atoms with Gasteiger partial charge in [0.05, 0.1) is 11.7 Å². The summed E-state index contributed by atoms with van der Waals surface area (Å²) in [7, 11) is 0. The van der Waals surface area contributed by atoms with E-state index in [1.807, 2.05) is 6.92 Å². The van der Waals surface area contributed by atoms with Crippen molar-refractivity contribution in [3.05, 3.63) is 35.4 Å².